The van der Waals surface area contributed by atoms with Crippen molar-refractivity contribution in [3.8, 4) is 0 Å². The molecule has 0 amide bonds. The molecule has 1 fully saturated rings. The van der Waals surface area contributed by atoms with Gasteiger partial charge in [0.15, 0.2) is 5.13 Å². The van der Waals surface area contributed by atoms with Crippen molar-refractivity contribution in [3.63, 3.8) is 0 Å². The normalized spacial score (nSPS) is 21.8. The van der Waals surface area contributed by atoms with E-state index in [2.05, 4.69) is 15.6 Å². The van der Waals surface area contributed by atoms with Crippen molar-refractivity contribution >= 4 is 28.9 Å². The van der Waals surface area contributed by atoms with Gasteiger partial charge in [-0.05, 0) is 13.0 Å². The average molecular weight is 206 g/mol. The van der Waals surface area contributed by atoms with Crippen molar-refractivity contribution in [3.05, 3.63) is 11.6 Å². The van der Waals surface area contributed by atoms with Crippen molar-refractivity contribution < 1.29 is 0 Å². The quantitative estimate of drug-likeness (QED) is 0.765. The van der Waals surface area contributed by atoms with Crippen LogP contribution in [0.1, 0.15) is 6.42 Å². The molecule has 1 aromatic rings. The Kier molecular flexibility index (Phi) is 3.78. The second kappa shape index (κ2) is 4.64. The van der Waals surface area contributed by atoms with Crippen molar-refractivity contribution in [1.82, 2.24) is 10.3 Å². The Morgan fingerprint density at radius 3 is 3.17 bits per heavy atom. The molecule has 12 heavy (non-hydrogen) atoms. The summed E-state index contributed by atoms with van der Waals surface area (Å²) in [6.45, 7) is 2.20. The van der Waals surface area contributed by atoms with Crippen LogP contribution >= 0.6 is 23.7 Å². The number of aromatic nitrogens is 1. The number of hydrogen-bond donors (Lipinski definition) is 2. The Hall–Kier alpha value is -0.320. The molecular weight excluding hydrogens is 194 g/mol. The summed E-state index contributed by atoms with van der Waals surface area (Å²) in [5.74, 6) is 0. The highest BCUT2D eigenvalue weighted by atomic mass is 35.5. The van der Waals surface area contributed by atoms with E-state index in [-0.39, 0.29) is 12.4 Å². The zero-order valence-corrected chi connectivity index (χ0v) is 8.25. The minimum Gasteiger partial charge on any atom is -0.357 e. The average Bonchev–Trinajstić information content (AvgIpc) is 2.60. The summed E-state index contributed by atoms with van der Waals surface area (Å²) in [5.41, 5.74) is 0. The zero-order chi connectivity index (χ0) is 7.52. The van der Waals surface area contributed by atoms with E-state index in [1.165, 1.54) is 6.42 Å². The lowest BCUT2D eigenvalue weighted by molar-refractivity contribution is 0.792. The molecule has 2 rings (SSSR count). The van der Waals surface area contributed by atoms with Crippen molar-refractivity contribution in [1.29, 1.82) is 0 Å². The van der Waals surface area contributed by atoms with Crippen LogP contribution in [0.15, 0.2) is 11.6 Å². The molecule has 1 aliphatic rings. The van der Waals surface area contributed by atoms with E-state index in [4.69, 9.17) is 0 Å². The van der Waals surface area contributed by atoms with E-state index in [1.807, 2.05) is 11.6 Å². The van der Waals surface area contributed by atoms with Gasteiger partial charge in [-0.2, -0.15) is 0 Å². The molecule has 3 nitrogen and oxygen atoms in total. The molecule has 0 unspecified atom stereocenters. The summed E-state index contributed by atoms with van der Waals surface area (Å²) >= 11 is 1.66. The minimum atomic E-state index is 0. The van der Waals surface area contributed by atoms with Crippen LogP contribution in [-0.4, -0.2) is 24.1 Å². The Morgan fingerprint density at radius 2 is 2.58 bits per heavy atom. The summed E-state index contributed by atoms with van der Waals surface area (Å²) in [7, 11) is 0. The number of thiazole rings is 1. The van der Waals surface area contributed by atoms with E-state index in [0.29, 0.717) is 6.04 Å². The van der Waals surface area contributed by atoms with E-state index in [0.717, 1.165) is 18.2 Å². The van der Waals surface area contributed by atoms with E-state index >= 15 is 0 Å². The molecule has 5 heteroatoms. The topological polar surface area (TPSA) is 37.0 Å². The van der Waals surface area contributed by atoms with Crippen molar-refractivity contribution in [2.24, 2.45) is 0 Å². The largest absolute Gasteiger partial charge is 0.357 e. The first-order chi connectivity index (χ1) is 5.45. The van der Waals surface area contributed by atoms with Gasteiger partial charge in [0.1, 0.15) is 0 Å². The molecule has 0 aromatic carbocycles. The van der Waals surface area contributed by atoms with E-state index in [1.54, 1.807) is 11.3 Å². The van der Waals surface area contributed by atoms with Gasteiger partial charge in [-0.1, -0.05) is 0 Å². The number of halogens is 1. The summed E-state index contributed by atoms with van der Waals surface area (Å²) in [6.07, 6.45) is 3.04. The van der Waals surface area contributed by atoms with Crippen LogP contribution < -0.4 is 10.6 Å². The van der Waals surface area contributed by atoms with Crippen LogP contribution in [0, 0.1) is 0 Å². The van der Waals surface area contributed by atoms with Gasteiger partial charge >= 0.3 is 0 Å². The second-order valence-electron chi connectivity index (χ2n) is 2.67. The fraction of sp³-hybridized carbons (Fsp3) is 0.571. The molecule has 2 heterocycles. The number of anilines is 1. The highest BCUT2D eigenvalue weighted by molar-refractivity contribution is 7.13. The molecule has 1 atom stereocenters. The van der Waals surface area contributed by atoms with Gasteiger partial charge in [0.2, 0.25) is 0 Å². The molecule has 0 saturated carbocycles. The molecular formula is C7H12ClN3S. The third-order valence-corrected chi connectivity index (χ3v) is 2.52. The SMILES string of the molecule is Cl.c1csc(N[C@H]2CCNC2)n1. The van der Waals surface area contributed by atoms with Gasteiger partial charge in [0, 0.05) is 24.2 Å². The fourth-order valence-electron chi connectivity index (χ4n) is 1.25. The maximum atomic E-state index is 4.16. The van der Waals surface area contributed by atoms with Crippen LogP contribution in [0.4, 0.5) is 5.13 Å². The molecule has 1 aromatic heterocycles. The van der Waals surface area contributed by atoms with Crippen LogP contribution in [-0.2, 0) is 0 Å². The van der Waals surface area contributed by atoms with Crippen molar-refractivity contribution in [2.45, 2.75) is 12.5 Å². The first kappa shape index (κ1) is 9.77. The van der Waals surface area contributed by atoms with Crippen LogP contribution in [0.2, 0.25) is 0 Å². The molecule has 1 saturated heterocycles. The third kappa shape index (κ3) is 2.33. The second-order valence-corrected chi connectivity index (χ2v) is 3.57. The lowest BCUT2D eigenvalue weighted by atomic mass is 10.3. The standard InChI is InChI=1S/C7H11N3S.ClH/c1-2-8-5-6(1)10-7-9-3-4-11-7;/h3-4,6,8H,1-2,5H2,(H,9,10);1H/t6-;/m0./s1. The maximum absolute atomic E-state index is 4.16. The monoisotopic (exact) mass is 205 g/mol. The summed E-state index contributed by atoms with van der Waals surface area (Å²) < 4.78 is 0. The molecule has 0 radical (unpaired) electrons. The molecule has 2 N–H and O–H groups in total. The predicted octanol–water partition coefficient (Wildman–Crippen LogP) is 1.34. The van der Waals surface area contributed by atoms with Gasteiger partial charge in [-0.25, -0.2) is 4.98 Å². The summed E-state index contributed by atoms with van der Waals surface area (Å²) in [4.78, 5) is 4.16. The Labute approximate surface area is 82.0 Å². The first-order valence-corrected chi connectivity index (χ1v) is 4.70. The molecule has 1 aliphatic heterocycles. The van der Waals surface area contributed by atoms with Gasteiger partial charge in [0.25, 0.3) is 0 Å². The van der Waals surface area contributed by atoms with Gasteiger partial charge in [0.05, 0.1) is 0 Å². The lowest BCUT2D eigenvalue weighted by Gasteiger charge is -2.08. The minimum absolute atomic E-state index is 0. The van der Waals surface area contributed by atoms with Crippen LogP contribution in [0.3, 0.4) is 0 Å². The molecule has 0 spiro atoms. The number of nitrogens with zero attached hydrogens (tertiary/aromatic N) is 1. The smallest absolute Gasteiger partial charge is 0.182 e. The Bertz CT molecular complexity index is 208. The number of rotatable bonds is 2. The molecule has 68 valence electrons. The Morgan fingerprint density at radius 1 is 1.67 bits per heavy atom. The molecule has 0 bridgehead atoms. The van der Waals surface area contributed by atoms with Gasteiger partial charge in [-0.15, -0.1) is 23.7 Å². The van der Waals surface area contributed by atoms with Crippen molar-refractivity contribution in [2.75, 3.05) is 18.4 Å². The summed E-state index contributed by atoms with van der Waals surface area (Å²) in [6, 6.07) is 0.584. The third-order valence-electron chi connectivity index (χ3n) is 1.82. The zero-order valence-electron chi connectivity index (χ0n) is 6.62. The summed E-state index contributed by atoms with van der Waals surface area (Å²) in [5, 5.41) is 9.70. The molecule has 0 aliphatic carbocycles. The van der Waals surface area contributed by atoms with Gasteiger partial charge < -0.3 is 10.6 Å². The van der Waals surface area contributed by atoms with Crippen LogP contribution in [0.25, 0.3) is 0 Å². The number of nitrogens with one attached hydrogen (secondary N) is 2. The lowest BCUT2D eigenvalue weighted by Crippen LogP contribution is -2.21. The highest BCUT2D eigenvalue weighted by Gasteiger charge is 2.13. The van der Waals surface area contributed by atoms with E-state index < -0.39 is 0 Å². The predicted molar refractivity (Wildman–Crippen MR) is 54.3 cm³/mol. The highest BCUT2D eigenvalue weighted by Crippen LogP contribution is 2.13. The van der Waals surface area contributed by atoms with Gasteiger partial charge in [-0.3, -0.25) is 0 Å². The maximum Gasteiger partial charge on any atom is 0.182 e. The van der Waals surface area contributed by atoms with Crippen LogP contribution in [0.5, 0.6) is 0 Å². The Balaban J connectivity index is 0.000000720. The number of hydrogen-bond acceptors (Lipinski definition) is 4. The van der Waals surface area contributed by atoms with E-state index in [9.17, 15) is 0 Å². The fourth-order valence-corrected chi connectivity index (χ4v) is 1.85. The first-order valence-electron chi connectivity index (χ1n) is 3.82.